The molecule has 0 radical (unpaired) electrons. The van der Waals surface area contributed by atoms with Crippen molar-refractivity contribution in [1.82, 2.24) is 10.3 Å². The van der Waals surface area contributed by atoms with Crippen molar-refractivity contribution >= 4 is 11.6 Å². The topological polar surface area (TPSA) is 54.0 Å². The van der Waals surface area contributed by atoms with Crippen LogP contribution in [0.15, 0.2) is 54.9 Å². The first-order valence-electron chi connectivity index (χ1n) is 7.81. The van der Waals surface area contributed by atoms with Gasteiger partial charge in [0.2, 0.25) is 5.91 Å². The fourth-order valence-corrected chi connectivity index (χ4v) is 3.17. The monoisotopic (exact) mass is 295 g/mol. The van der Waals surface area contributed by atoms with Crippen LogP contribution >= 0.6 is 0 Å². The molecule has 1 aromatic heterocycles. The highest BCUT2D eigenvalue weighted by Gasteiger charge is 2.28. The van der Waals surface area contributed by atoms with E-state index in [2.05, 4.69) is 39.9 Å². The maximum Gasteiger partial charge on any atom is 0.238 e. The highest BCUT2D eigenvalue weighted by Crippen LogP contribution is 2.34. The van der Waals surface area contributed by atoms with Gasteiger partial charge < -0.3 is 10.6 Å². The van der Waals surface area contributed by atoms with Gasteiger partial charge in [-0.2, -0.15) is 0 Å². The van der Waals surface area contributed by atoms with E-state index in [1.807, 2.05) is 6.07 Å². The number of pyridine rings is 1. The summed E-state index contributed by atoms with van der Waals surface area (Å²) in [5, 5.41) is 6.30. The molecule has 0 spiro atoms. The van der Waals surface area contributed by atoms with Gasteiger partial charge >= 0.3 is 0 Å². The van der Waals surface area contributed by atoms with E-state index in [1.165, 1.54) is 18.4 Å². The molecule has 1 saturated carbocycles. The van der Waals surface area contributed by atoms with Crippen molar-refractivity contribution < 1.29 is 4.79 Å². The fourth-order valence-electron chi connectivity index (χ4n) is 3.17. The number of hydrogen-bond acceptors (Lipinski definition) is 3. The molecule has 0 saturated heterocycles. The fraction of sp³-hybridized carbons (Fsp3) is 0.333. The van der Waals surface area contributed by atoms with Gasteiger partial charge in [0.1, 0.15) is 0 Å². The second kappa shape index (κ2) is 7.18. The number of anilines is 1. The summed E-state index contributed by atoms with van der Waals surface area (Å²) < 4.78 is 0. The normalized spacial score (nSPS) is 20.7. The van der Waals surface area contributed by atoms with Crippen molar-refractivity contribution in [2.45, 2.75) is 31.2 Å². The smallest absolute Gasteiger partial charge is 0.238 e. The zero-order valence-corrected chi connectivity index (χ0v) is 12.5. The molecule has 1 fully saturated rings. The number of benzene rings is 1. The van der Waals surface area contributed by atoms with Crippen LogP contribution in [0, 0.1) is 0 Å². The second-order valence-corrected chi connectivity index (χ2v) is 5.72. The standard InChI is InChI=1S/C18H21N3O/c22-18(21-15-9-11-19-12-10-15)13-20-17-8-4-7-16(17)14-5-2-1-3-6-14/h1-3,5-6,9-12,16-17,20H,4,7-8,13H2,(H,19,21,22)/t16-,17+/m1/s1. The molecule has 3 rings (SSSR count). The molecule has 0 aliphatic heterocycles. The van der Waals surface area contributed by atoms with E-state index >= 15 is 0 Å². The van der Waals surface area contributed by atoms with Gasteiger partial charge in [0.25, 0.3) is 0 Å². The Labute approximate surface area is 131 Å². The molecule has 2 N–H and O–H groups in total. The van der Waals surface area contributed by atoms with E-state index in [0.29, 0.717) is 18.5 Å². The van der Waals surface area contributed by atoms with Crippen molar-refractivity contribution in [3.05, 3.63) is 60.4 Å². The first-order valence-corrected chi connectivity index (χ1v) is 7.81. The maximum atomic E-state index is 12.0. The molecule has 114 valence electrons. The van der Waals surface area contributed by atoms with Gasteiger partial charge in [-0.15, -0.1) is 0 Å². The van der Waals surface area contributed by atoms with Crippen LogP contribution in [0.4, 0.5) is 5.69 Å². The summed E-state index contributed by atoms with van der Waals surface area (Å²) in [5.41, 5.74) is 2.15. The summed E-state index contributed by atoms with van der Waals surface area (Å²) in [4.78, 5) is 16.0. The first-order chi connectivity index (χ1) is 10.8. The van der Waals surface area contributed by atoms with Crippen molar-refractivity contribution in [3.8, 4) is 0 Å². The van der Waals surface area contributed by atoms with Crippen molar-refractivity contribution in [2.75, 3.05) is 11.9 Å². The van der Waals surface area contributed by atoms with Gasteiger partial charge in [-0.3, -0.25) is 9.78 Å². The molecule has 4 nitrogen and oxygen atoms in total. The average Bonchev–Trinajstić information content (AvgIpc) is 3.03. The summed E-state index contributed by atoms with van der Waals surface area (Å²) in [6.45, 7) is 0.344. The van der Waals surface area contributed by atoms with E-state index in [9.17, 15) is 4.79 Å². The highest BCUT2D eigenvalue weighted by atomic mass is 16.1. The van der Waals surface area contributed by atoms with Crippen LogP contribution in [0.1, 0.15) is 30.7 Å². The molecule has 1 heterocycles. The summed E-state index contributed by atoms with van der Waals surface area (Å²) in [6, 6.07) is 14.5. The van der Waals surface area contributed by atoms with Crippen LogP contribution in [-0.2, 0) is 4.79 Å². The van der Waals surface area contributed by atoms with Crippen molar-refractivity contribution in [2.24, 2.45) is 0 Å². The van der Waals surface area contributed by atoms with Gasteiger partial charge in [0, 0.05) is 24.1 Å². The van der Waals surface area contributed by atoms with Crippen LogP contribution in [0.25, 0.3) is 0 Å². The van der Waals surface area contributed by atoms with Gasteiger partial charge in [-0.05, 0) is 36.5 Å². The second-order valence-electron chi connectivity index (χ2n) is 5.72. The minimum atomic E-state index is -0.00934. The van der Waals surface area contributed by atoms with Crippen LogP contribution in [0.3, 0.4) is 0 Å². The molecule has 0 bridgehead atoms. The van der Waals surface area contributed by atoms with E-state index in [4.69, 9.17) is 0 Å². The Morgan fingerprint density at radius 1 is 1.09 bits per heavy atom. The Hall–Kier alpha value is -2.20. The maximum absolute atomic E-state index is 12.0. The van der Waals surface area contributed by atoms with E-state index in [1.54, 1.807) is 24.5 Å². The number of amides is 1. The average molecular weight is 295 g/mol. The lowest BCUT2D eigenvalue weighted by Gasteiger charge is -2.21. The number of hydrogen-bond donors (Lipinski definition) is 2. The third-order valence-corrected chi connectivity index (χ3v) is 4.23. The molecule has 1 aliphatic rings. The van der Waals surface area contributed by atoms with Gasteiger partial charge in [0.15, 0.2) is 0 Å². The number of carbonyl (C=O) groups is 1. The predicted molar refractivity (Wildman–Crippen MR) is 87.7 cm³/mol. The Bertz CT molecular complexity index is 600. The summed E-state index contributed by atoms with van der Waals surface area (Å²) >= 11 is 0. The zero-order valence-electron chi connectivity index (χ0n) is 12.5. The Kier molecular flexibility index (Phi) is 4.81. The van der Waals surface area contributed by atoms with Gasteiger partial charge in [-0.1, -0.05) is 36.8 Å². The van der Waals surface area contributed by atoms with Crippen molar-refractivity contribution in [3.63, 3.8) is 0 Å². The summed E-state index contributed by atoms with van der Waals surface area (Å²) in [6.07, 6.45) is 6.87. The molecule has 1 amide bonds. The summed E-state index contributed by atoms with van der Waals surface area (Å²) in [5.74, 6) is 0.500. The molecule has 2 atom stereocenters. The minimum Gasteiger partial charge on any atom is -0.325 e. The lowest BCUT2D eigenvalue weighted by Crippen LogP contribution is -2.37. The molecular weight excluding hydrogens is 274 g/mol. The number of aromatic nitrogens is 1. The molecule has 0 unspecified atom stereocenters. The molecule has 1 aliphatic carbocycles. The van der Waals surface area contributed by atoms with Gasteiger partial charge in [-0.25, -0.2) is 0 Å². The van der Waals surface area contributed by atoms with Crippen molar-refractivity contribution in [1.29, 1.82) is 0 Å². The van der Waals surface area contributed by atoms with E-state index in [0.717, 1.165) is 12.1 Å². The van der Waals surface area contributed by atoms with Gasteiger partial charge in [0.05, 0.1) is 6.54 Å². The Morgan fingerprint density at radius 3 is 2.64 bits per heavy atom. The lowest BCUT2D eigenvalue weighted by molar-refractivity contribution is -0.115. The Balaban J connectivity index is 1.53. The van der Waals surface area contributed by atoms with Crippen LogP contribution < -0.4 is 10.6 Å². The van der Waals surface area contributed by atoms with Crippen LogP contribution in [0.5, 0.6) is 0 Å². The quantitative estimate of drug-likeness (QED) is 0.891. The largest absolute Gasteiger partial charge is 0.325 e. The highest BCUT2D eigenvalue weighted by molar-refractivity contribution is 5.92. The SMILES string of the molecule is O=C(CN[C@H]1CCC[C@@H]1c1ccccc1)Nc1ccncc1. The van der Waals surface area contributed by atoms with E-state index < -0.39 is 0 Å². The minimum absolute atomic E-state index is 0.00934. The zero-order chi connectivity index (χ0) is 15.2. The van der Waals surface area contributed by atoms with Crippen LogP contribution in [-0.4, -0.2) is 23.5 Å². The number of carbonyl (C=O) groups excluding carboxylic acids is 1. The molecule has 22 heavy (non-hydrogen) atoms. The lowest BCUT2D eigenvalue weighted by atomic mass is 9.94. The molecule has 1 aromatic carbocycles. The molecular formula is C18H21N3O. The Morgan fingerprint density at radius 2 is 1.86 bits per heavy atom. The van der Waals surface area contributed by atoms with Crippen LogP contribution in [0.2, 0.25) is 0 Å². The third kappa shape index (κ3) is 3.71. The first kappa shape index (κ1) is 14.7. The third-order valence-electron chi connectivity index (χ3n) is 4.23. The number of rotatable bonds is 5. The molecule has 4 heteroatoms. The number of nitrogens with one attached hydrogen (secondary N) is 2. The molecule has 2 aromatic rings. The summed E-state index contributed by atoms with van der Waals surface area (Å²) in [7, 11) is 0. The number of nitrogens with zero attached hydrogens (tertiary/aromatic N) is 1. The predicted octanol–water partition coefficient (Wildman–Crippen LogP) is 2.95. The van der Waals surface area contributed by atoms with E-state index in [-0.39, 0.29) is 5.91 Å².